The monoisotopic (exact) mass is 515 g/mol. The van der Waals surface area contributed by atoms with Crippen LogP contribution in [0.3, 0.4) is 0 Å². The average Bonchev–Trinajstić information content (AvgIpc) is 3.10. The fourth-order valence-corrected chi connectivity index (χ4v) is 4.70. The zero-order valence-electron chi connectivity index (χ0n) is 20.3. The van der Waals surface area contributed by atoms with Crippen molar-refractivity contribution in [2.45, 2.75) is 32.7 Å². The molecule has 0 radical (unpaired) electrons. The average molecular weight is 516 g/mol. The summed E-state index contributed by atoms with van der Waals surface area (Å²) in [6.07, 6.45) is 2.63. The summed E-state index contributed by atoms with van der Waals surface area (Å²) >= 11 is 0. The molecule has 1 atom stereocenters. The van der Waals surface area contributed by atoms with Gasteiger partial charge in [-0.15, -0.1) is 0 Å². The quantitative estimate of drug-likeness (QED) is 0.493. The molecule has 2 aromatic heterocycles. The van der Waals surface area contributed by atoms with Gasteiger partial charge in [-0.2, -0.15) is 9.78 Å². The lowest BCUT2D eigenvalue weighted by atomic mass is 9.83. The van der Waals surface area contributed by atoms with Gasteiger partial charge >= 0.3 is 0 Å². The highest BCUT2D eigenvalue weighted by molar-refractivity contribution is 7.91. The molecular formula is C24H26FN5O5S. The molecule has 0 spiro atoms. The van der Waals surface area contributed by atoms with Crippen LogP contribution in [0.2, 0.25) is 0 Å². The van der Waals surface area contributed by atoms with E-state index in [-0.39, 0.29) is 23.4 Å². The molecule has 0 saturated carbocycles. The molecule has 4 rings (SSSR count). The Morgan fingerprint density at radius 1 is 1.31 bits per heavy atom. The number of aryl methyl sites for hydroxylation is 1. The number of rotatable bonds is 7. The van der Waals surface area contributed by atoms with Gasteiger partial charge in [0, 0.05) is 30.5 Å². The van der Waals surface area contributed by atoms with Crippen molar-refractivity contribution in [3.05, 3.63) is 64.7 Å². The van der Waals surface area contributed by atoms with Crippen molar-refractivity contribution in [3.63, 3.8) is 0 Å². The second-order valence-electron chi connectivity index (χ2n) is 8.93. The molecule has 0 fully saturated rings. The van der Waals surface area contributed by atoms with Gasteiger partial charge in [-0.3, -0.25) is 9.59 Å². The number of benzene rings is 1. The first-order valence-corrected chi connectivity index (χ1v) is 13.2. The molecule has 1 aromatic carbocycles. The number of carbonyl (C=O) groups excluding carboxylic acids is 2. The van der Waals surface area contributed by atoms with E-state index in [1.54, 1.807) is 44.3 Å². The number of anilines is 1. The fourth-order valence-electron chi connectivity index (χ4n) is 4.15. The summed E-state index contributed by atoms with van der Waals surface area (Å²) in [5.41, 5.74) is 0.340. The van der Waals surface area contributed by atoms with Gasteiger partial charge in [0.05, 0.1) is 17.8 Å². The Balaban J connectivity index is 1.79. The highest BCUT2D eigenvalue weighted by Gasteiger charge is 2.41. The summed E-state index contributed by atoms with van der Waals surface area (Å²) in [7, 11) is -3.62. The second-order valence-corrected chi connectivity index (χ2v) is 11.1. The van der Waals surface area contributed by atoms with Crippen LogP contribution in [0.25, 0.3) is 5.82 Å². The molecule has 0 unspecified atom stereocenters. The molecular weight excluding hydrogens is 489 g/mol. The van der Waals surface area contributed by atoms with Crippen molar-refractivity contribution in [2.75, 3.05) is 23.9 Å². The van der Waals surface area contributed by atoms with Crippen molar-refractivity contribution in [3.8, 4) is 11.6 Å². The summed E-state index contributed by atoms with van der Waals surface area (Å²) in [6.45, 7) is 5.71. The third kappa shape index (κ3) is 5.08. The Morgan fingerprint density at radius 3 is 2.67 bits per heavy atom. The zero-order chi connectivity index (χ0) is 26.3. The van der Waals surface area contributed by atoms with Crippen LogP contribution in [0, 0.1) is 12.7 Å². The van der Waals surface area contributed by atoms with Crippen LogP contribution in [0.1, 0.15) is 41.0 Å². The summed E-state index contributed by atoms with van der Waals surface area (Å²) in [5.74, 6) is -2.07. The lowest BCUT2D eigenvalue weighted by Gasteiger charge is -2.34. The number of carbonyl (C=O) groups is 2. The van der Waals surface area contributed by atoms with E-state index in [1.807, 2.05) is 6.92 Å². The van der Waals surface area contributed by atoms with E-state index in [0.29, 0.717) is 23.9 Å². The highest BCUT2D eigenvalue weighted by Crippen LogP contribution is 2.37. The minimum Gasteiger partial charge on any atom is -0.494 e. The maximum absolute atomic E-state index is 15.0. The van der Waals surface area contributed by atoms with Crippen molar-refractivity contribution < 1.29 is 27.1 Å². The number of hydrogen-bond donors (Lipinski definition) is 2. The third-order valence-corrected chi connectivity index (χ3v) is 6.49. The van der Waals surface area contributed by atoms with Crippen molar-refractivity contribution in [1.29, 1.82) is 0 Å². The van der Waals surface area contributed by atoms with Crippen LogP contribution in [0.4, 0.5) is 10.2 Å². The number of amides is 2. The SMILES string of the molecule is CCOc1ccc([C@]2(C)Cc3nn(-c4ccc(C)cn4)c(NC(=O)CS(C)(=O)=O)c3C(=O)N2)c(F)c1. The van der Waals surface area contributed by atoms with E-state index < -0.39 is 38.8 Å². The first-order valence-electron chi connectivity index (χ1n) is 11.2. The molecule has 3 heterocycles. The minimum absolute atomic E-state index is 0.0123. The summed E-state index contributed by atoms with van der Waals surface area (Å²) in [6, 6.07) is 7.88. The van der Waals surface area contributed by atoms with Crippen LogP contribution in [-0.2, 0) is 26.6 Å². The van der Waals surface area contributed by atoms with Crippen LogP contribution >= 0.6 is 0 Å². The lowest BCUT2D eigenvalue weighted by Crippen LogP contribution is -2.49. The highest BCUT2D eigenvalue weighted by atomic mass is 32.2. The van der Waals surface area contributed by atoms with Crippen LogP contribution in [-0.4, -0.2) is 53.6 Å². The smallest absolute Gasteiger partial charge is 0.257 e. The largest absolute Gasteiger partial charge is 0.494 e. The van der Waals surface area contributed by atoms with Crippen molar-refractivity contribution in [2.24, 2.45) is 0 Å². The van der Waals surface area contributed by atoms with Gasteiger partial charge in [0.1, 0.15) is 22.9 Å². The molecule has 0 saturated heterocycles. The molecule has 0 bridgehead atoms. The molecule has 1 aliphatic rings. The van der Waals surface area contributed by atoms with Crippen LogP contribution in [0.5, 0.6) is 5.75 Å². The van der Waals surface area contributed by atoms with E-state index in [1.165, 1.54) is 10.7 Å². The van der Waals surface area contributed by atoms with E-state index in [2.05, 4.69) is 20.7 Å². The molecule has 12 heteroatoms. The summed E-state index contributed by atoms with van der Waals surface area (Å²) in [5, 5.41) is 9.87. The number of hydrogen-bond acceptors (Lipinski definition) is 7. The van der Waals surface area contributed by atoms with Crippen LogP contribution < -0.4 is 15.4 Å². The van der Waals surface area contributed by atoms with Crippen LogP contribution in [0.15, 0.2) is 36.5 Å². The molecule has 1 aliphatic heterocycles. The van der Waals surface area contributed by atoms with Gasteiger partial charge in [-0.05, 0) is 38.5 Å². The molecule has 3 aromatic rings. The number of halogens is 1. The Bertz CT molecular complexity index is 1450. The number of aromatic nitrogens is 3. The van der Waals surface area contributed by atoms with Gasteiger partial charge in [0.2, 0.25) is 5.91 Å². The van der Waals surface area contributed by atoms with E-state index in [9.17, 15) is 18.0 Å². The fraction of sp³-hybridized carbons (Fsp3) is 0.333. The zero-order valence-corrected chi connectivity index (χ0v) is 21.1. The van der Waals surface area contributed by atoms with E-state index in [4.69, 9.17) is 4.74 Å². The number of nitrogens with zero attached hydrogens (tertiary/aromatic N) is 3. The number of sulfone groups is 1. The summed E-state index contributed by atoms with van der Waals surface area (Å²) < 4.78 is 44.9. The normalized spacial score (nSPS) is 17.3. The van der Waals surface area contributed by atoms with Gasteiger partial charge in [0.25, 0.3) is 5.91 Å². The molecule has 190 valence electrons. The number of ether oxygens (including phenoxy) is 1. The van der Waals surface area contributed by atoms with Gasteiger partial charge in [-0.1, -0.05) is 12.1 Å². The third-order valence-electron chi connectivity index (χ3n) is 5.71. The van der Waals surface area contributed by atoms with E-state index >= 15 is 4.39 Å². The topological polar surface area (TPSA) is 132 Å². The second kappa shape index (κ2) is 9.34. The molecule has 2 N–H and O–H groups in total. The van der Waals surface area contributed by atoms with Crippen molar-refractivity contribution in [1.82, 2.24) is 20.1 Å². The maximum Gasteiger partial charge on any atom is 0.257 e. The lowest BCUT2D eigenvalue weighted by molar-refractivity contribution is -0.113. The Labute approximate surface area is 207 Å². The Kier molecular flexibility index (Phi) is 6.56. The number of fused-ring (bicyclic) bond motifs is 1. The first-order chi connectivity index (χ1) is 16.9. The first kappa shape index (κ1) is 25.3. The molecule has 36 heavy (non-hydrogen) atoms. The Hall–Kier alpha value is -3.80. The van der Waals surface area contributed by atoms with Gasteiger partial charge < -0.3 is 15.4 Å². The predicted molar refractivity (Wildman–Crippen MR) is 131 cm³/mol. The summed E-state index contributed by atoms with van der Waals surface area (Å²) in [4.78, 5) is 30.2. The predicted octanol–water partition coefficient (Wildman–Crippen LogP) is 2.30. The molecule has 0 aliphatic carbocycles. The number of pyridine rings is 1. The standard InChI is InChI=1S/C24H26FN5O5S/c1-5-35-15-7-8-16(17(25)10-15)24(3)11-18-21(23(32)28-24)22(27-20(31)13-36(4,33)34)30(29-18)19-9-6-14(2)12-26-19/h6-10,12H,5,11,13H2,1-4H3,(H,27,31)(H,28,32)/t24-/m0/s1. The van der Waals surface area contributed by atoms with E-state index in [0.717, 1.165) is 11.8 Å². The van der Waals surface area contributed by atoms with Gasteiger partial charge in [-0.25, -0.2) is 17.8 Å². The maximum atomic E-state index is 15.0. The van der Waals surface area contributed by atoms with Crippen molar-refractivity contribution >= 4 is 27.5 Å². The number of nitrogens with one attached hydrogen (secondary N) is 2. The minimum atomic E-state index is -3.62. The Morgan fingerprint density at radius 2 is 2.06 bits per heavy atom. The molecule has 2 amide bonds. The molecule has 10 nitrogen and oxygen atoms in total. The van der Waals surface area contributed by atoms with Gasteiger partial charge in [0.15, 0.2) is 21.5 Å².